The summed E-state index contributed by atoms with van der Waals surface area (Å²) in [6.07, 6.45) is 0. The molecular weight excluding hydrogens is 348 g/mol. The van der Waals surface area contributed by atoms with Crippen LogP contribution in [0.15, 0.2) is 46.2 Å². The Balaban J connectivity index is 2.11. The lowest BCUT2D eigenvalue weighted by atomic mass is 9.87. The fourth-order valence-corrected chi connectivity index (χ4v) is 4.45. The van der Waals surface area contributed by atoms with Crippen LogP contribution in [0, 0.1) is 0 Å². The van der Waals surface area contributed by atoms with Crippen LogP contribution in [0.5, 0.6) is 11.5 Å². The average Bonchev–Trinajstić information content (AvgIpc) is 2.48. The zero-order valence-electron chi connectivity index (χ0n) is 15.9. The number of phenolic OH excluding ortho intramolecular Hbond substituents is 2. The van der Waals surface area contributed by atoms with E-state index < -0.39 is 0 Å². The van der Waals surface area contributed by atoms with Gasteiger partial charge < -0.3 is 10.2 Å². The second-order valence-corrected chi connectivity index (χ2v) is 10.7. The third-order valence-electron chi connectivity index (χ3n) is 4.08. The number of phenols is 2. The van der Waals surface area contributed by atoms with E-state index >= 15 is 0 Å². The number of aromatic hydroxyl groups is 2. The molecule has 25 heavy (non-hydrogen) atoms. The molecule has 0 aliphatic carbocycles. The van der Waals surface area contributed by atoms with Crippen molar-refractivity contribution in [3.05, 3.63) is 47.5 Å². The third kappa shape index (κ3) is 5.35. The van der Waals surface area contributed by atoms with Crippen LogP contribution in [-0.4, -0.2) is 15.3 Å². The van der Waals surface area contributed by atoms with E-state index in [1.807, 2.05) is 12.1 Å². The van der Waals surface area contributed by atoms with Crippen LogP contribution in [0.1, 0.15) is 52.7 Å². The van der Waals surface area contributed by atoms with Crippen LogP contribution in [0.3, 0.4) is 0 Å². The monoisotopic (exact) mass is 376 g/mol. The van der Waals surface area contributed by atoms with Crippen molar-refractivity contribution >= 4 is 23.5 Å². The molecule has 0 saturated heterocycles. The molecule has 0 unspecified atom stereocenters. The largest absolute Gasteiger partial charge is 0.507 e. The van der Waals surface area contributed by atoms with E-state index in [4.69, 9.17) is 0 Å². The van der Waals surface area contributed by atoms with Crippen molar-refractivity contribution in [1.29, 1.82) is 0 Å². The van der Waals surface area contributed by atoms with Gasteiger partial charge in [-0.15, -0.1) is 23.5 Å². The van der Waals surface area contributed by atoms with E-state index in [9.17, 15) is 10.2 Å². The van der Waals surface area contributed by atoms with Crippen LogP contribution in [0.25, 0.3) is 0 Å². The molecule has 2 N–H and O–H groups in total. The number of hydrogen-bond donors (Lipinski definition) is 2. The van der Waals surface area contributed by atoms with E-state index in [0.29, 0.717) is 11.5 Å². The second-order valence-electron chi connectivity index (χ2n) is 8.27. The lowest BCUT2D eigenvalue weighted by Crippen LogP contribution is -2.10. The predicted molar refractivity (Wildman–Crippen MR) is 110 cm³/mol. The van der Waals surface area contributed by atoms with Gasteiger partial charge in [0.2, 0.25) is 0 Å². The van der Waals surface area contributed by atoms with Crippen LogP contribution in [-0.2, 0) is 10.8 Å². The molecule has 0 radical (unpaired) electrons. The van der Waals surface area contributed by atoms with E-state index in [2.05, 4.69) is 53.7 Å². The maximum Gasteiger partial charge on any atom is 0.129 e. The zero-order valence-corrected chi connectivity index (χ0v) is 17.5. The number of thioether (sulfide) groups is 2. The predicted octanol–water partition coefficient (Wildman–Crippen LogP) is 6.53. The van der Waals surface area contributed by atoms with Gasteiger partial charge >= 0.3 is 0 Å². The van der Waals surface area contributed by atoms with Gasteiger partial charge in [-0.25, -0.2) is 0 Å². The highest BCUT2D eigenvalue weighted by atomic mass is 32.2. The van der Waals surface area contributed by atoms with Crippen molar-refractivity contribution in [3.8, 4) is 11.5 Å². The zero-order chi connectivity index (χ0) is 18.8. The first-order valence-corrected chi connectivity index (χ1v) is 10.4. The molecule has 0 aliphatic heterocycles. The Bertz CT molecular complexity index is 677. The van der Waals surface area contributed by atoms with Crippen molar-refractivity contribution < 1.29 is 10.2 Å². The molecule has 0 aliphatic rings. The van der Waals surface area contributed by atoms with Crippen molar-refractivity contribution in [2.75, 3.05) is 5.08 Å². The van der Waals surface area contributed by atoms with Gasteiger partial charge in [-0.2, -0.15) is 0 Å². The van der Waals surface area contributed by atoms with E-state index in [-0.39, 0.29) is 10.8 Å². The summed E-state index contributed by atoms with van der Waals surface area (Å²) in [4.78, 5) is 1.76. The Morgan fingerprint density at radius 2 is 1.04 bits per heavy atom. The second kappa shape index (κ2) is 7.55. The van der Waals surface area contributed by atoms with Crippen LogP contribution in [0.2, 0.25) is 0 Å². The minimum Gasteiger partial charge on any atom is -0.507 e. The molecule has 4 heteroatoms. The van der Waals surface area contributed by atoms with E-state index in [0.717, 1.165) is 14.9 Å². The lowest BCUT2D eigenvalue weighted by molar-refractivity contribution is 0.460. The average molecular weight is 377 g/mol. The molecule has 0 heterocycles. The molecular formula is C21H28O2S2. The summed E-state index contributed by atoms with van der Waals surface area (Å²) in [6, 6.07) is 11.6. The van der Waals surface area contributed by atoms with Gasteiger partial charge in [0.05, 0.1) is 9.79 Å². The maximum absolute atomic E-state index is 10.1. The summed E-state index contributed by atoms with van der Waals surface area (Å²) in [5, 5.41) is 21.0. The van der Waals surface area contributed by atoms with Gasteiger partial charge in [0, 0.05) is 5.08 Å². The van der Waals surface area contributed by atoms with Crippen LogP contribution >= 0.6 is 23.5 Å². The highest BCUT2D eigenvalue weighted by Crippen LogP contribution is 2.39. The quantitative estimate of drug-likeness (QED) is 0.470. The molecule has 0 amide bonds. The molecule has 0 fully saturated rings. The summed E-state index contributed by atoms with van der Waals surface area (Å²) in [5.41, 5.74) is 2.51. The molecule has 0 saturated carbocycles. The van der Waals surface area contributed by atoms with Gasteiger partial charge in [0.15, 0.2) is 0 Å². The molecule has 2 aromatic rings. The number of hydrogen-bond acceptors (Lipinski definition) is 4. The van der Waals surface area contributed by atoms with E-state index in [1.54, 1.807) is 35.7 Å². The lowest BCUT2D eigenvalue weighted by Gasteiger charge is -2.21. The minimum atomic E-state index is 0.0511. The maximum atomic E-state index is 10.1. The van der Waals surface area contributed by atoms with Crippen molar-refractivity contribution in [1.82, 2.24) is 0 Å². The third-order valence-corrected chi connectivity index (χ3v) is 6.30. The standard InChI is InChI=1S/C21H28O2S2/c1-20(2,3)14-7-9-16(22)18(11-14)24-13-25-19-12-15(21(4,5)6)8-10-17(19)23/h7-12,22-23H,13H2,1-6H3. The number of rotatable bonds is 4. The molecule has 136 valence electrons. The fraction of sp³-hybridized carbons (Fsp3) is 0.429. The normalized spacial score (nSPS) is 12.4. The summed E-state index contributed by atoms with van der Waals surface area (Å²) < 4.78 is 0. The van der Waals surface area contributed by atoms with Gasteiger partial charge in [-0.3, -0.25) is 0 Å². The Morgan fingerprint density at radius 1 is 0.680 bits per heavy atom. The highest BCUT2D eigenvalue weighted by Gasteiger charge is 2.17. The summed E-state index contributed by atoms with van der Waals surface area (Å²) in [7, 11) is 0. The summed E-state index contributed by atoms with van der Waals surface area (Å²) >= 11 is 3.19. The van der Waals surface area contributed by atoms with Gasteiger partial charge in [-0.05, 0) is 46.2 Å². The topological polar surface area (TPSA) is 40.5 Å². The smallest absolute Gasteiger partial charge is 0.129 e. The first kappa shape index (κ1) is 20.1. The van der Waals surface area contributed by atoms with Gasteiger partial charge in [0.1, 0.15) is 11.5 Å². The Hall–Kier alpha value is -1.26. The van der Waals surface area contributed by atoms with Gasteiger partial charge in [0.25, 0.3) is 0 Å². The van der Waals surface area contributed by atoms with E-state index in [1.165, 1.54) is 11.1 Å². The van der Waals surface area contributed by atoms with Crippen molar-refractivity contribution in [3.63, 3.8) is 0 Å². The van der Waals surface area contributed by atoms with Gasteiger partial charge in [-0.1, -0.05) is 53.7 Å². The highest BCUT2D eigenvalue weighted by molar-refractivity contribution is 8.16. The molecule has 2 aromatic carbocycles. The molecule has 0 spiro atoms. The number of benzene rings is 2. The van der Waals surface area contributed by atoms with Crippen LogP contribution < -0.4 is 0 Å². The Kier molecular flexibility index (Phi) is 6.05. The van der Waals surface area contributed by atoms with Crippen LogP contribution in [0.4, 0.5) is 0 Å². The Morgan fingerprint density at radius 3 is 1.36 bits per heavy atom. The molecule has 0 bridgehead atoms. The van der Waals surface area contributed by atoms with Crippen molar-refractivity contribution in [2.45, 2.75) is 62.2 Å². The SMILES string of the molecule is CC(C)(C)c1ccc(O)c(SCSc2cc(C(C)(C)C)ccc2O)c1. The summed E-state index contributed by atoms with van der Waals surface area (Å²) in [6.45, 7) is 13.0. The minimum absolute atomic E-state index is 0.0511. The fourth-order valence-electron chi connectivity index (χ4n) is 2.35. The molecule has 0 aromatic heterocycles. The molecule has 2 nitrogen and oxygen atoms in total. The summed E-state index contributed by atoms with van der Waals surface area (Å²) in [5.74, 6) is 0.623. The molecule has 2 rings (SSSR count). The first-order chi connectivity index (χ1) is 11.5. The molecule has 0 atom stereocenters. The van der Waals surface area contributed by atoms with Crippen molar-refractivity contribution in [2.24, 2.45) is 0 Å². The first-order valence-electron chi connectivity index (χ1n) is 8.41. The Labute approximate surface area is 160 Å².